The number of Topliss-reactive ketones (excluding diaryl/α,β-unsaturated/α-hetero) is 1. The Hall–Kier alpha value is -2.59. The largest absolute Gasteiger partial charge is 0.303 e. The van der Waals surface area contributed by atoms with E-state index in [1.165, 1.54) is 21.9 Å². The van der Waals surface area contributed by atoms with Crippen LogP contribution in [0.4, 0.5) is 17.6 Å². The maximum absolute atomic E-state index is 15.4. The van der Waals surface area contributed by atoms with E-state index in [4.69, 9.17) is 0 Å². The van der Waals surface area contributed by atoms with E-state index < -0.39 is 10.8 Å². The fraction of sp³-hybridized carbons (Fsp3) is 0.512. The summed E-state index contributed by atoms with van der Waals surface area (Å²) < 4.78 is 57.2. The summed E-state index contributed by atoms with van der Waals surface area (Å²) >= 11 is 3.63. The molecule has 4 atom stereocenters. The van der Waals surface area contributed by atoms with Gasteiger partial charge in [0.2, 0.25) is 0 Å². The minimum atomic E-state index is -0.843. The predicted octanol–water partition coefficient (Wildman–Crippen LogP) is 9.79. The number of thioether (sulfide) groups is 2. The fourth-order valence-corrected chi connectivity index (χ4v) is 12.3. The first-order valence-corrected chi connectivity index (χ1v) is 21.1. The number of hydrogen-bond donors (Lipinski definition) is 0. The summed E-state index contributed by atoms with van der Waals surface area (Å²) in [6, 6.07) is 10.2. The van der Waals surface area contributed by atoms with Crippen molar-refractivity contribution in [1.82, 2.24) is 9.80 Å². The van der Waals surface area contributed by atoms with Gasteiger partial charge in [0.25, 0.3) is 0 Å². The maximum atomic E-state index is 15.4. The van der Waals surface area contributed by atoms with Crippen LogP contribution in [0, 0.1) is 46.1 Å². The Morgan fingerprint density at radius 2 is 1.08 bits per heavy atom. The summed E-state index contributed by atoms with van der Waals surface area (Å²) in [4.78, 5) is 22.7. The van der Waals surface area contributed by atoms with Crippen LogP contribution in [0.25, 0.3) is 0 Å². The second-order valence-electron chi connectivity index (χ2n) is 16.1. The second kappa shape index (κ2) is 15.3. The first-order valence-electron chi connectivity index (χ1n) is 19.1. The molecule has 6 aliphatic rings. The first kappa shape index (κ1) is 36.4. The molecule has 2 aliphatic carbocycles. The molecule has 9 heteroatoms. The Bertz CT molecular complexity index is 1670. The zero-order chi connectivity index (χ0) is 35.9. The molecule has 2 aromatic rings. The lowest BCUT2D eigenvalue weighted by molar-refractivity contribution is -0.142. The predicted molar refractivity (Wildman–Crippen MR) is 203 cm³/mol. The van der Waals surface area contributed by atoms with Crippen molar-refractivity contribution in [2.45, 2.75) is 61.2 Å². The van der Waals surface area contributed by atoms with Crippen LogP contribution >= 0.6 is 23.5 Å². The molecule has 8 rings (SSSR count). The van der Waals surface area contributed by atoms with Crippen LogP contribution in [0.1, 0.15) is 49.7 Å². The number of hydrogen-bond acceptors (Lipinski definition) is 5. The van der Waals surface area contributed by atoms with Gasteiger partial charge >= 0.3 is 0 Å². The number of ketones is 1. The molecule has 0 bridgehead atoms. The van der Waals surface area contributed by atoms with Gasteiger partial charge in [-0.2, -0.15) is 0 Å². The number of carbonyl (C=O) groups excluding carboxylic acids is 1. The quantitative estimate of drug-likeness (QED) is 0.250. The molecular weight excluding hydrogens is 701 g/mol. The lowest BCUT2D eigenvalue weighted by Gasteiger charge is -2.51. The molecule has 2 aromatic carbocycles. The minimum Gasteiger partial charge on any atom is -0.303 e. The Morgan fingerprint density at radius 1 is 0.654 bits per heavy atom. The van der Waals surface area contributed by atoms with Crippen LogP contribution < -0.4 is 0 Å². The minimum absolute atomic E-state index is 0.0602. The van der Waals surface area contributed by atoms with Gasteiger partial charge in [0.15, 0.2) is 5.78 Å². The highest BCUT2D eigenvalue weighted by Crippen LogP contribution is 2.54. The van der Waals surface area contributed by atoms with E-state index in [-0.39, 0.29) is 40.9 Å². The highest BCUT2D eigenvalue weighted by atomic mass is 32.2. The Kier molecular flexibility index (Phi) is 10.7. The monoisotopic (exact) mass is 748 g/mol. The zero-order valence-corrected chi connectivity index (χ0v) is 31.3. The summed E-state index contributed by atoms with van der Waals surface area (Å²) in [5, 5.41) is 0. The molecule has 4 heterocycles. The molecule has 0 spiro atoms. The lowest BCUT2D eigenvalue weighted by atomic mass is 9.53. The molecule has 0 aromatic heterocycles. The first-order chi connectivity index (χ1) is 25.2. The van der Waals surface area contributed by atoms with E-state index >= 15 is 4.79 Å². The highest BCUT2D eigenvalue weighted by Gasteiger charge is 2.55. The van der Waals surface area contributed by atoms with Gasteiger partial charge in [0, 0.05) is 34.4 Å². The van der Waals surface area contributed by atoms with Gasteiger partial charge in [0.1, 0.15) is 23.3 Å². The van der Waals surface area contributed by atoms with Crippen LogP contribution in [0.3, 0.4) is 0 Å². The van der Waals surface area contributed by atoms with Crippen molar-refractivity contribution in [3.63, 3.8) is 0 Å². The highest BCUT2D eigenvalue weighted by molar-refractivity contribution is 7.99. The average molecular weight is 749 g/mol. The summed E-state index contributed by atoms with van der Waals surface area (Å²) in [6.07, 6.45) is 15.7. The van der Waals surface area contributed by atoms with Gasteiger partial charge in [-0.25, -0.2) is 17.6 Å². The van der Waals surface area contributed by atoms with Crippen molar-refractivity contribution in [3.05, 3.63) is 107 Å². The van der Waals surface area contributed by atoms with Gasteiger partial charge in [-0.1, -0.05) is 12.2 Å². The third kappa shape index (κ3) is 7.41. The van der Waals surface area contributed by atoms with E-state index in [1.54, 1.807) is 36.4 Å². The Balaban J connectivity index is 0.948. The molecule has 2 fully saturated rings. The fourth-order valence-electron chi connectivity index (χ4n) is 10.1. The topological polar surface area (TPSA) is 23.6 Å². The van der Waals surface area contributed by atoms with Crippen LogP contribution in [0.2, 0.25) is 0 Å². The van der Waals surface area contributed by atoms with Crippen molar-refractivity contribution in [2.75, 3.05) is 50.8 Å². The van der Waals surface area contributed by atoms with E-state index in [0.29, 0.717) is 24.7 Å². The number of fused-ring (bicyclic) bond motifs is 2. The number of rotatable bonds is 8. The molecule has 0 saturated carbocycles. The number of carbonyl (C=O) groups is 1. The van der Waals surface area contributed by atoms with Gasteiger partial charge in [-0.15, -0.1) is 23.5 Å². The molecular formula is C43H48F4N2OS2. The van der Waals surface area contributed by atoms with Crippen molar-refractivity contribution in [2.24, 2.45) is 34.5 Å². The Labute approximate surface area is 314 Å². The summed E-state index contributed by atoms with van der Waals surface area (Å²) in [7, 11) is 0. The molecule has 0 amide bonds. The number of piperidine rings is 2. The van der Waals surface area contributed by atoms with Crippen LogP contribution in [-0.2, 0) is 17.6 Å². The van der Waals surface area contributed by atoms with Gasteiger partial charge in [-0.3, -0.25) is 4.79 Å². The standard InChI is InChI=1S/C43H48F4N2OS2/c44-35-5-13-42(14-6-35,33-9-17-48(18-10-33)25-29-21-31-23-37(46)1-3-39(31)51-27-29)41(50)43(15-7-36(45)8-16-43)34-11-19-49(20-12-34)26-30-22-32-24-38(47)2-4-40(32)52-28-30/h1-8,13,15,23-24,29-30,33-34H,9-12,14,16-22,25-28H2. The van der Waals surface area contributed by atoms with Crippen LogP contribution in [0.5, 0.6) is 0 Å². The number of allylic oxidation sites excluding steroid dienone is 8. The average Bonchev–Trinajstić information content (AvgIpc) is 3.16. The molecule has 3 nitrogen and oxygen atoms in total. The molecule has 276 valence electrons. The van der Waals surface area contributed by atoms with Crippen molar-refractivity contribution < 1.29 is 22.4 Å². The third-order valence-corrected chi connectivity index (χ3v) is 15.6. The molecule has 2 saturated heterocycles. The van der Waals surface area contributed by atoms with Gasteiger partial charge in [-0.05, 0) is 173 Å². The molecule has 0 N–H and O–H groups in total. The number of likely N-dealkylation sites (tertiary alicyclic amines) is 2. The van der Waals surface area contributed by atoms with E-state index in [9.17, 15) is 17.6 Å². The maximum Gasteiger partial charge on any atom is 0.153 e. The number of halogens is 4. The molecule has 4 aliphatic heterocycles. The van der Waals surface area contributed by atoms with Crippen LogP contribution in [0.15, 0.2) is 94.3 Å². The summed E-state index contributed by atoms with van der Waals surface area (Å²) in [5.74, 6) is 2.20. The van der Waals surface area contributed by atoms with Crippen LogP contribution in [-0.4, -0.2) is 66.4 Å². The summed E-state index contributed by atoms with van der Waals surface area (Å²) in [6.45, 7) is 5.34. The van der Waals surface area contributed by atoms with Gasteiger partial charge < -0.3 is 9.80 Å². The van der Waals surface area contributed by atoms with Crippen molar-refractivity contribution >= 4 is 29.3 Å². The van der Waals surface area contributed by atoms with Gasteiger partial charge in [0.05, 0.1) is 10.8 Å². The van der Waals surface area contributed by atoms with E-state index in [2.05, 4.69) is 9.80 Å². The Morgan fingerprint density at radius 3 is 1.46 bits per heavy atom. The second-order valence-corrected chi connectivity index (χ2v) is 18.2. The molecule has 4 unspecified atom stereocenters. The van der Waals surface area contributed by atoms with E-state index in [0.717, 1.165) is 100 Å². The molecule has 52 heavy (non-hydrogen) atoms. The smallest absolute Gasteiger partial charge is 0.153 e. The lowest BCUT2D eigenvalue weighted by Crippen LogP contribution is -2.54. The molecule has 0 radical (unpaired) electrons. The number of nitrogens with zero attached hydrogens (tertiary/aromatic N) is 2. The van der Waals surface area contributed by atoms with Crippen molar-refractivity contribution in [3.8, 4) is 0 Å². The number of benzene rings is 2. The normalized spacial score (nSPS) is 30.4. The third-order valence-electron chi connectivity index (χ3n) is 12.9. The van der Waals surface area contributed by atoms with Crippen molar-refractivity contribution in [1.29, 1.82) is 0 Å². The SMILES string of the molecule is O=C(C1(C2CCN(CC3CSc4ccc(F)cc4C3)CC2)C=CC(F)=CC1)C1(C2CCN(CC3CSc4ccc(F)cc4C3)CC2)C=CC(F)=CC1. The zero-order valence-electron chi connectivity index (χ0n) is 29.7. The summed E-state index contributed by atoms with van der Waals surface area (Å²) in [5.41, 5.74) is 0.507. The van der Waals surface area contributed by atoms with E-state index in [1.807, 2.05) is 47.8 Å².